The van der Waals surface area contributed by atoms with Gasteiger partial charge in [0, 0.05) is 64.1 Å². The van der Waals surface area contributed by atoms with Crippen molar-refractivity contribution in [1.82, 2.24) is 25.2 Å². The average Bonchev–Trinajstić information content (AvgIpc) is 2.72. The third-order valence-corrected chi connectivity index (χ3v) is 3.81. The fourth-order valence-corrected chi connectivity index (χ4v) is 2.42. The van der Waals surface area contributed by atoms with Crippen molar-refractivity contribution in [3.05, 3.63) is 54.4 Å². The molecule has 0 radical (unpaired) electrons. The first-order chi connectivity index (χ1) is 13.2. The van der Waals surface area contributed by atoms with Gasteiger partial charge in [-0.1, -0.05) is 6.07 Å². The molecule has 0 aliphatic carbocycles. The number of nitrogens with zero attached hydrogens (tertiary/aromatic N) is 4. The molecule has 144 valence electrons. The second kappa shape index (κ2) is 11.7. The van der Waals surface area contributed by atoms with Crippen molar-refractivity contribution in [1.29, 1.82) is 0 Å². The highest BCUT2D eigenvalue weighted by Crippen LogP contribution is 2.04. The molecule has 0 spiro atoms. The van der Waals surface area contributed by atoms with Crippen molar-refractivity contribution in [2.75, 3.05) is 26.3 Å². The van der Waals surface area contributed by atoms with Gasteiger partial charge in [0.15, 0.2) is 0 Å². The van der Waals surface area contributed by atoms with E-state index in [4.69, 9.17) is 4.74 Å². The maximum Gasteiger partial charge on any atom is 0.274 e. The van der Waals surface area contributed by atoms with Gasteiger partial charge >= 0.3 is 0 Å². The second-order valence-corrected chi connectivity index (χ2v) is 5.82. The molecule has 2 aromatic rings. The standard InChI is InChI=1S/C19H25N5O3/c1-2-27-12-4-10-24(19(26)17-15-21-8-9-22-17)11-6-18(25)23-14-16-5-3-7-20-13-16/h3,5,7-9,13,15H,2,4,6,10-12,14H2,1H3,(H,23,25). The number of pyridine rings is 1. The summed E-state index contributed by atoms with van der Waals surface area (Å²) in [5.41, 5.74) is 1.19. The molecule has 0 bridgehead atoms. The Kier molecular flexibility index (Phi) is 8.85. The Morgan fingerprint density at radius 1 is 1.15 bits per heavy atom. The molecule has 2 amide bonds. The zero-order chi connectivity index (χ0) is 19.3. The Morgan fingerprint density at radius 2 is 2.00 bits per heavy atom. The van der Waals surface area contributed by atoms with Crippen LogP contribution in [0.1, 0.15) is 35.8 Å². The van der Waals surface area contributed by atoms with E-state index in [0.717, 1.165) is 5.56 Å². The van der Waals surface area contributed by atoms with Crippen LogP contribution in [-0.4, -0.2) is 58.0 Å². The molecule has 0 saturated carbocycles. The molecule has 0 fully saturated rings. The van der Waals surface area contributed by atoms with Gasteiger partial charge in [-0.15, -0.1) is 0 Å². The van der Waals surface area contributed by atoms with Gasteiger partial charge in [0.1, 0.15) is 5.69 Å². The predicted molar refractivity (Wildman–Crippen MR) is 99.7 cm³/mol. The molecule has 0 unspecified atom stereocenters. The number of rotatable bonds is 11. The van der Waals surface area contributed by atoms with Crippen molar-refractivity contribution >= 4 is 11.8 Å². The van der Waals surface area contributed by atoms with Crippen LogP contribution < -0.4 is 5.32 Å². The van der Waals surface area contributed by atoms with Gasteiger partial charge in [-0.25, -0.2) is 4.98 Å². The van der Waals surface area contributed by atoms with Gasteiger partial charge in [-0.3, -0.25) is 19.6 Å². The molecule has 0 saturated heterocycles. The third kappa shape index (κ3) is 7.49. The maximum absolute atomic E-state index is 12.6. The van der Waals surface area contributed by atoms with Gasteiger partial charge in [0.2, 0.25) is 5.91 Å². The number of amides is 2. The fraction of sp³-hybridized carbons (Fsp3) is 0.421. The van der Waals surface area contributed by atoms with Crippen molar-refractivity contribution in [2.24, 2.45) is 0 Å². The molecule has 2 rings (SSSR count). The number of carbonyl (C=O) groups excluding carboxylic acids is 2. The van der Waals surface area contributed by atoms with Crippen molar-refractivity contribution in [3.63, 3.8) is 0 Å². The summed E-state index contributed by atoms with van der Waals surface area (Å²) in [6, 6.07) is 3.71. The van der Waals surface area contributed by atoms with Crippen molar-refractivity contribution in [3.8, 4) is 0 Å². The Labute approximate surface area is 159 Å². The van der Waals surface area contributed by atoms with E-state index in [1.54, 1.807) is 17.3 Å². The first-order valence-electron chi connectivity index (χ1n) is 8.99. The summed E-state index contributed by atoms with van der Waals surface area (Å²) < 4.78 is 5.33. The van der Waals surface area contributed by atoms with E-state index < -0.39 is 0 Å². The first-order valence-corrected chi connectivity index (χ1v) is 8.99. The summed E-state index contributed by atoms with van der Waals surface area (Å²) in [4.78, 5) is 38.4. The summed E-state index contributed by atoms with van der Waals surface area (Å²) in [5.74, 6) is -0.361. The van der Waals surface area contributed by atoms with E-state index >= 15 is 0 Å². The van der Waals surface area contributed by atoms with Crippen LogP contribution in [0.15, 0.2) is 43.1 Å². The normalized spacial score (nSPS) is 10.4. The minimum Gasteiger partial charge on any atom is -0.382 e. The molecule has 8 heteroatoms. The monoisotopic (exact) mass is 371 g/mol. The molecular weight excluding hydrogens is 346 g/mol. The van der Waals surface area contributed by atoms with Crippen LogP contribution in [0, 0.1) is 0 Å². The van der Waals surface area contributed by atoms with Crippen LogP contribution in [0.2, 0.25) is 0 Å². The number of carbonyl (C=O) groups is 2. The molecule has 8 nitrogen and oxygen atoms in total. The van der Waals surface area contributed by atoms with Crippen LogP contribution in [-0.2, 0) is 16.1 Å². The molecule has 0 aliphatic rings. The highest BCUT2D eigenvalue weighted by Gasteiger charge is 2.18. The first kappa shape index (κ1) is 20.4. The fourth-order valence-electron chi connectivity index (χ4n) is 2.42. The summed E-state index contributed by atoms with van der Waals surface area (Å²) in [5, 5.41) is 2.84. The van der Waals surface area contributed by atoms with Gasteiger partial charge in [-0.2, -0.15) is 0 Å². The number of nitrogens with one attached hydrogen (secondary N) is 1. The maximum atomic E-state index is 12.6. The summed E-state index contributed by atoms with van der Waals surface area (Å²) in [7, 11) is 0. The molecule has 0 aromatic carbocycles. The lowest BCUT2D eigenvalue weighted by Gasteiger charge is -2.22. The quantitative estimate of drug-likeness (QED) is 0.601. The van der Waals surface area contributed by atoms with Gasteiger partial charge < -0.3 is 15.0 Å². The minimum atomic E-state index is -0.236. The molecule has 0 atom stereocenters. The third-order valence-electron chi connectivity index (χ3n) is 3.81. The lowest BCUT2D eigenvalue weighted by atomic mass is 10.2. The second-order valence-electron chi connectivity index (χ2n) is 5.82. The summed E-state index contributed by atoms with van der Waals surface area (Å²) >= 11 is 0. The van der Waals surface area contributed by atoms with Gasteiger partial charge in [-0.05, 0) is 25.0 Å². The van der Waals surface area contributed by atoms with Crippen LogP contribution >= 0.6 is 0 Å². The molecule has 1 N–H and O–H groups in total. The van der Waals surface area contributed by atoms with Crippen LogP contribution in [0.4, 0.5) is 0 Å². The smallest absolute Gasteiger partial charge is 0.274 e. The van der Waals surface area contributed by atoms with Crippen molar-refractivity contribution in [2.45, 2.75) is 26.3 Å². The minimum absolute atomic E-state index is 0.124. The van der Waals surface area contributed by atoms with Crippen LogP contribution in [0.5, 0.6) is 0 Å². The number of ether oxygens (including phenoxy) is 1. The SMILES string of the molecule is CCOCCCN(CCC(=O)NCc1cccnc1)C(=O)c1cnccn1. The van der Waals surface area contributed by atoms with Gasteiger partial charge in [0.05, 0.1) is 6.20 Å². The molecule has 27 heavy (non-hydrogen) atoms. The van der Waals surface area contributed by atoms with E-state index in [1.807, 2.05) is 19.1 Å². The van der Waals surface area contributed by atoms with Crippen LogP contribution in [0.3, 0.4) is 0 Å². The van der Waals surface area contributed by atoms with Crippen molar-refractivity contribution < 1.29 is 14.3 Å². The van der Waals surface area contributed by atoms with E-state index in [2.05, 4.69) is 20.3 Å². The van der Waals surface area contributed by atoms with Gasteiger partial charge in [0.25, 0.3) is 5.91 Å². The van der Waals surface area contributed by atoms with E-state index in [1.165, 1.54) is 18.6 Å². The highest BCUT2D eigenvalue weighted by molar-refractivity contribution is 5.92. The van der Waals surface area contributed by atoms with E-state index in [9.17, 15) is 9.59 Å². The largest absolute Gasteiger partial charge is 0.382 e. The zero-order valence-corrected chi connectivity index (χ0v) is 15.5. The van der Waals surface area contributed by atoms with Crippen LogP contribution in [0.25, 0.3) is 0 Å². The topological polar surface area (TPSA) is 97.3 Å². The predicted octanol–water partition coefficient (Wildman–Crippen LogP) is 1.45. The lowest BCUT2D eigenvalue weighted by Crippen LogP contribution is -2.36. The Hall–Kier alpha value is -2.87. The summed E-state index contributed by atoms with van der Waals surface area (Å²) in [6.07, 6.45) is 8.72. The number of hydrogen-bond acceptors (Lipinski definition) is 6. The molecule has 2 heterocycles. The summed E-state index contributed by atoms with van der Waals surface area (Å²) in [6.45, 7) is 4.33. The average molecular weight is 371 g/mol. The Morgan fingerprint density at radius 3 is 2.70 bits per heavy atom. The lowest BCUT2D eigenvalue weighted by molar-refractivity contribution is -0.121. The Bertz CT molecular complexity index is 697. The highest BCUT2D eigenvalue weighted by atomic mass is 16.5. The molecular formula is C19H25N5O3. The number of hydrogen-bond donors (Lipinski definition) is 1. The molecule has 0 aliphatic heterocycles. The molecule has 2 aromatic heterocycles. The zero-order valence-electron chi connectivity index (χ0n) is 15.5. The van der Waals surface area contributed by atoms with E-state index in [-0.39, 0.29) is 23.9 Å². The van der Waals surface area contributed by atoms with E-state index in [0.29, 0.717) is 39.3 Å². The number of aromatic nitrogens is 3. The Balaban J connectivity index is 1.86.